The summed E-state index contributed by atoms with van der Waals surface area (Å²) in [5.74, 6) is -1.51. The molecule has 0 bridgehead atoms. The van der Waals surface area contributed by atoms with E-state index >= 15 is 0 Å². The van der Waals surface area contributed by atoms with Crippen LogP contribution < -0.4 is 9.64 Å². The van der Waals surface area contributed by atoms with Crippen LogP contribution in [0.4, 0.5) is 9.52 Å². The van der Waals surface area contributed by atoms with E-state index in [-0.39, 0.29) is 22.6 Å². The molecule has 3 heterocycles. The van der Waals surface area contributed by atoms with Crippen molar-refractivity contribution in [2.45, 2.75) is 25.5 Å². The maximum Gasteiger partial charge on any atom is 0.301 e. The lowest BCUT2D eigenvalue weighted by Gasteiger charge is -2.23. The Bertz CT molecular complexity index is 1550. The summed E-state index contributed by atoms with van der Waals surface area (Å²) in [6.45, 7) is 1.96. The molecule has 3 aromatic carbocycles. The number of halogens is 1. The van der Waals surface area contributed by atoms with Gasteiger partial charge < -0.3 is 9.84 Å². The van der Waals surface area contributed by atoms with E-state index in [4.69, 9.17) is 4.74 Å². The second-order valence-electron chi connectivity index (χ2n) is 8.64. The Morgan fingerprint density at radius 1 is 1.11 bits per heavy atom. The van der Waals surface area contributed by atoms with Gasteiger partial charge in [-0.15, -0.1) is 0 Å². The number of benzene rings is 3. The second kappa shape index (κ2) is 8.02. The van der Waals surface area contributed by atoms with Crippen molar-refractivity contribution < 1.29 is 23.8 Å². The minimum absolute atomic E-state index is 0.0152. The van der Waals surface area contributed by atoms with E-state index in [9.17, 15) is 19.1 Å². The molecule has 6 nitrogen and oxygen atoms in total. The average molecular weight is 487 g/mol. The van der Waals surface area contributed by atoms with Gasteiger partial charge in [0.15, 0.2) is 5.13 Å². The van der Waals surface area contributed by atoms with Crippen molar-refractivity contribution in [3.05, 3.63) is 94.8 Å². The monoisotopic (exact) mass is 486 g/mol. The predicted octanol–water partition coefficient (Wildman–Crippen LogP) is 5.39. The van der Waals surface area contributed by atoms with E-state index in [1.54, 1.807) is 42.5 Å². The van der Waals surface area contributed by atoms with E-state index in [1.807, 2.05) is 13.0 Å². The third-order valence-corrected chi connectivity index (χ3v) is 7.29. The summed E-state index contributed by atoms with van der Waals surface area (Å²) in [6.07, 6.45) is 0.719. The number of anilines is 1. The molecular formula is C27H19FN2O4S. The number of fused-ring (bicyclic) bond motifs is 2. The lowest BCUT2D eigenvalue weighted by Crippen LogP contribution is -2.29. The van der Waals surface area contributed by atoms with Crippen molar-refractivity contribution in [2.75, 3.05) is 4.90 Å². The largest absolute Gasteiger partial charge is 0.507 e. The number of thiazole rings is 1. The zero-order valence-corrected chi connectivity index (χ0v) is 19.4. The quantitative estimate of drug-likeness (QED) is 0.239. The molecule has 0 spiro atoms. The fraction of sp³-hybridized carbons (Fsp3) is 0.148. The topological polar surface area (TPSA) is 79.7 Å². The Kier molecular flexibility index (Phi) is 4.93. The molecule has 0 saturated carbocycles. The molecule has 8 heteroatoms. The first kappa shape index (κ1) is 21.5. The molecule has 4 aromatic rings. The van der Waals surface area contributed by atoms with Gasteiger partial charge in [0.05, 0.1) is 21.8 Å². The number of carbonyl (C=O) groups excluding carboxylic acids is 2. The maximum atomic E-state index is 13.8. The molecule has 0 radical (unpaired) electrons. The highest BCUT2D eigenvalue weighted by atomic mass is 32.1. The van der Waals surface area contributed by atoms with Crippen molar-refractivity contribution in [1.82, 2.24) is 4.98 Å². The smallest absolute Gasteiger partial charge is 0.301 e. The molecule has 1 amide bonds. The third kappa shape index (κ3) is 3.49. The van der Waals surface area contributed by atoms with Gasteiger partial charge in [0.1, 0.15) is 23.4 Å². The summed E-state index contributed by atoms with van der Waals surface area (Å²) < 4.78 is 20.1. The average Bonchev–Trinajstić information content (AvgIpc) is 3.51. The van der Waals surface area contributed by atoms with E-state index in [0.717, 1.165) is 22.6 Å². The number of aliphatic hydroxyl groups excluding tert-OH is 1. The summed E-state index contributed by atoms with van der Waals surface area (Å²) in [7, 11) is 0. The summed E-state index contributed by atoms with van der Waals surface area (Å²) in [6, 6.07) is 17.6. The van der Waals surface area contributed by atoms with Crippen molar-refractivity contribution in [3.63, 3.8) is 0 Å². The Hall–Kier alpha value is -4.04. The van der Waals surface area contributed by atoms with Gasteiger partial charge in [-0.25, -0.2) is 9.37 Å². The van der Waals surface area contributed by atoms with Crippen molar-refractivity contribution >= 4 is 44.1 Å². The first-order valence-electron chi connectivity index (χ1n) is 11.1. The van der Waals surface area contributed by atoms with Crippen LogP contribution in [0.5, 0.6) is 5.75 Å². The van der Waals surface area contributed by atoms with E-state index in [0.29, 0.717) is 27.8 Å². The number of nitrogens with zero attached hydrogens (tertiary/aromatic N) is 2. The van der Waals surface area contributed by atoms with Gasteiger partial charge in [-0.3, -0.25) is 14.5 Å². The first-order valence-corrected chi connectivity index (χ1v) is 11.9. The number of amides is 1. The molecule has 1 fully saturated rings. The van der Waals surface area contributed by atoms with Crippen LogP contribution in [-0.2, 0) is 16.0 Å². The third-order valence-electron chi connectivity index (χ3n) is 6.27. The highest BCUT2D eigenvalue weighted by Gasteiger charge is 2.48. The number of ether oxygens (including phenoxy) is 1. The maximum absolute atomic E-state index is 13.8. The molecule has 2 aliphatic heterocycles. The fourth-order valence-corrected chi connectivity index (χ4v) is 5.71. The lowest BCUT2D eigenvalue weighted by atomic mass is 9.94. The number of Topliss-reactive ketones (excluding diaryl/α,β-unsaturated/α-hetero) is 1. The summed E-state index contributed by atoms with van der Waals surface area (Å²) in [5.41, 5.74) is 2.52. The van der Waals surface area contributed by atoms with Crippen LogP contribution in [0.15, 0.2) is 72.3 Å². The molecule has 6 rings (SSSR count). The van der Waals surface area contributed by atoms with Crippen LogP contribution in [0, 0.1) is 5.82 Å². The summed E-state index contributed by atoms with van der Waals surface area (Å²) in [4.78, 5) is 32.4. The van der Waals surface area contributed by atoms with E-state index in [1.165, 1.54) is 23.1 Å². The normalized spacial score (nSPS) is 20.9. The van der Waals surface area contributed by atoms with Crippen molar-refractivity contribution in [2.24, 2.45) is 0 Å². The highest BCUT2D eigenvalue weighted by Crippen LogP contribution is 2.44. The van der Waals surface area contributed by atoms with Crippen LogP contribution in [0.2, 0.25) is 0 Å². The second-order valence-corrected chi connectivity index (χ2v) is 9.65. The van der Waals surface area contributed by atoms with Gasteiger partial charge in [-0.05, 0) is 54.4 Å². The predicted molar refractivity (Wildman–Crippen MR) is 131 cm³/mol. The number of hydrogen-bond donors (Lipinski definition) is 1. The standard InChI is InChI=1S/C27H19FN2O4S/c1-14-11-17-12-16(7-10-20(17)34-14)24(31)22-23(15-5-3-2-4-6-15)30(26(33)25(22)32)27-29-19-9-8-18(28)13-21(19)35-27/h2-10,12-14,23,31H,11H2,1H3/b24-22+. The van der Waals surface area contributed by atoms with Gasteiger partial charge in [0, 0.05) is 12.0 Å². The lowest BCUT2D eigenvalue weighted by molar-refractivity contribution is -0.132. The number of carbonyl (C=O) groups is 2. The Morgan fingerprint density at radius 2 is 1.91 bits per heavy atom. The van der Waals surface area contributed by atoms with Crippen LogP contribution in [-0.4, -0.2) is 27.9 Å². The number of hydrogen-bond acceptors (Lipinski definition) is 6. The molecule has 0 aliphatic carbocycles. The highest BCUT2D eigenvalue weighted by molar-refractivity contribution is 7.22. The zero-order chi connectivity index (χ0) is 24.3. The Labute approximate surface area is 203 Å². The minimum atomic E-state index is -0.884. The first-order chi connectivity index (χ1) is 16.9. The minimum Gasteiger partial charge on any atom is -0.507 e. The summed E-state index contributed by atoms with van der Waals surface area (Å²) in [5, 5.41) is 11.6. The van der Waals surface area contributed by atoms with Crippen LogP contribution in [0.1, 0.15) is 29.7 Å². The zero-order valence-electron chi connectivity index (χ0n) is 18.6. The fourth-order valence-electron chi connectivity index (χ4n) is 4.69. The van der Waals surface area contributed by atoms with Gasteiger partial charge in [0.2, 0.25) is 0 Å². The van der Waals surface area contributed by atoms with Crippen LogP contribution >= 0.6 is 11.3 Å². The number of aliphatic hydroxyl groups is 1. The number of ketones is 1. The Morgan fingerprint density at radius 3 is 2.71 bits per heavy atom. The molecule has 1 saturated heterocycles. The van der Waals surface area contributed by atoms with Crippen LogP contribution in [0.25, 0.3) is 16.0 Å². The van der Waals surface area contributed by atoms with Crippen molar-refractivity contribution in [1.29, 1.82) is 0 Å². The molecule has 1 aromatic heterocycles. The van der Waals surface area contributed by atoms with E-state index < -0.39 is 23.5 Å². The van der Waals surface area contributed by atoms with E-state index in [2.05, 4.69) is 4.98 Å². The Balaban J connectivity index is 1.53. The molecule has 2 atom stereocenters. The van der Waals surface area contributed by atoms with Gasteiger partial charge in [-0.2, -0.15) is 0 Å². The number of aromatic nitrogens is 1. The van der Waals surface area contributed by atoms with Crippen molar-refractivity contribution in [3.8, 4) is 5.75 Å². The number of rotatable bonds is 3. The van der Waals surface area contributed by atoms with Gasteiger partial charge in [-0.1, -0.05) is 41.7 Å². The SMILES string of the molecule is CC1Cc2cc(/C(O)=C3\C(=O)C(=O)N(c4nc5ccc(F)cc5s4)C3c3ccccc3)ccc2O1. The molecule has 1 N–H and O–H groups in total. The molecule has 174 valence electrons. The molecular weight excluding hydrogens is 467 g/mol. The molecule has 35 heavy (non-hydrogen) atoms. The van der Waals surface area contributed by atoms with Gasteiger partial charge in [0.25, 0.3) is 5.78 Å². The summed E-state index contributed by atoms with van der Waals surface area (Å²) >= 11 is 1.12. The van der Waals surface area contributed by atoms with Crippen LogP contribution in [0.3, 0.4) is 0 Å². The van der Waals surface area contributed by atoms with Gasteiger partial charge >= 0.3 is 5.91 Å². The molecule has 2 unspecified atom stereocenters. The molecule has 2 aliphatic rings.